The Morgan fingerprint density at radius 1 is 1.04 bits per heavy atom. The maximum atomic E-state index is 11.8. The molecule has 28 heavy (non-hydrogen) atoms. The molecule has 0 atom stereocenters. The largest absolute Gasteiger partial charge is 0.287 e. The summed E-state index contributed by atoms with van der Waals surface area (Å²) in [5, 5.41) is 11.8. The van der Waals surface area contributed by atoms with Crippen LogP contribution in [-0.2, 0) is 12.8 Å². The van der Waals surface area contributed by atoms with E-state index in [0.717, 1.165) is 60.8 Å². The van der Waals surface area contributed by atoms with Gasteiger partial charge in [-0.2, -0.15) is 0 Å². The fourth-order valence-electron chi connectivity index (χ4n) is 3.52. The Hall–Kier alpha value is -1.94. The first-order valence-corrected chi connectivity index (χ1v) is 11.0. The van der Waals surface area contributed by atoms with E-state index < -0.39 is 0 Å². The number of allylic oxidation sites excluding steroid dienone is 1. The second-order valence-corrected chi connectivity index (χ2v) is 8.07. The van der Waals surface area contributed by atoms with Crippen LogP contribution in [0, 0.1) is 10.1 Å². The van der Waals surface area contributed by atoms with Gasteiger partial charge in [-0.1, -0.05) is 64.5 Å². The standard InChI is InChI=1S/C24H30BrNO2/c1-5-8-10-19-16-18(17(4)7-3)12-13-20(19)21-14-15-23(25)24(26(27)28)22(21)11-9-6-2/h12-16H,4-11H2,1-3H3. The summed E-state index contributed by atoms with van der Waals surface area (Å²) >= 11 is 3.39. The summed E-state index contributed by atoms with van der Waals surface area (Å²) in [6.07, 6.45) is 6.73. The Morgan fingerprint density at radius 3 is 2.29 bits per heavy atom. The zero-order chi connectivity index (χ0) is 20.7. The van der Waals surface area contributed by atoms with Gasteiger partial charge in [0.2, 0.25) is 0 Å². The van der Waals surface area contributed by atoms with Crippen molar-refractivity contribution in [2.45, 2.75) is 65.7 Å². The molecule has 0 N–H and O–H groups in total. The van der Waals surface area contributed by atoms with Gasteiger partial charge in [0.25, 0.3) is 5.69 Å². The van der Waals surface area contributed by atoms with Crippen molar-refractivity contribution in [3.63, 3.8) is 0 Å². The van der Waals surface area contributed by atoms with E-state index in [1.54, 1.807) is 0 Å². The highest BCUT2D eigenvalue weighted by atomic mass is 79.9. The van der Waals surface area contributed by atoms with Crippen LogP contribution in [0.5, 0.6) is 0 Å². The maximum Gasteiger partial charge on any atom is 0.287 e. The molecule has 4 heteroatoms. The third kappa shape index (κ3) is 5.11. The molecule has 0 aliphatic carbocycles. The van der Waals surface area contributed by atoms with Gasteiger partial charge in [0.1, 0.15) is 0 Å². The van der Waals surface area contributed by atoms with Crippen molar-refractivity contribution in [1.29, 1.82) is 0 Å². The Morgan fingerprint density at radius 2 is 1.68 bits per heavy atom. The molecule has 3 nitrogen and oxygen atoms in total. The zero-order valence-electron chi connectivity index (χ0n) is 17.2. The van der Waals surface area contributed by atoms with Crippen molar-refractivity contribution in [3.8, 4) is 11.1 Å². The average molecular weight is 444 g/mol. The quantitative estimate of drug-likeness (QED) is 0.274. The smallest absolute Gasteiger partial charge is 0.258 e. The highest BCUT2D eigenvalue weighted by Gasteiger charge is 2.23. The number of aryl methyl sites for hydroxylation is 1. The van der Waals surface area contributed by atoms with Gasteiger partial charge in [0.15, 0.2) is 0 Å². The van der Waals surface area contributed by atoms with Crippen molar-refractivity contribution in [1.82, 2.24) is 0 Å². The van der Waals surface area contributed by atoms with Gasteiger partial charge >= 0.3 is 0 Å². The number of nitro groups is 1. The molecule has 0 fully saturated rings. The first kappa shape index (κ1) is 22.4. The molecule has 2 aromatic rings. The normalized spacial score (nSPS) is 10.9. The maximum absolute atomic E-state index is 11.8. The molecule has 0 saturated carbocycles. The lowest BCUT2D eigenvalue weighted by Gasteiger charge is -2.17. The third-order valence-corrected chi connectivity index (χ3v) is 5.87. The summed E-state index contributed by atoms with van der Waals surface area (Å²) in [5.41, 5.74) is 6.68. The minimum Gasteiger partial charge on any atom is -0.258 e. The summed E-state index contributed by atoms with van der Waals surface area (Å²) in [6.45, 7) is 10.6. The second kappa shape index (κ2) is 10.6. The van der Waals surface area contributed by atoms with Gasteiger partial charge in [0, 0.05) is 5.56 Å². The first-order valence-electron chi connectivity index (χ1n) is 10.2. The summed E-state index contributed by atoms with van der Waals surface area (Å²) in [7, 11) is 0. The minimum absolute atomic E-state index is 0.203. The average Bonchev–Trinajstić information content (AvgIpc) is 2.69. The fraction of sp³-hybridized carbons (Fsp3) is 0.417. The highest BCUT2D eigenvalue weighted by Crippen LogP contribution is 2.39. The molecule has 0 aromatic heterocycles. The van der Waals surface area contributed by atoms with E-state index in [2.05, 4.69) is 61.5 Å². The Bertz CT molecular complexity index is 858. The van der Waals surface area contributed by atoms with E-state index in [9.17, 15) is 10.1 Å². The number of unbranched alkanes of at least 4 members (excludes halogenated alkanes) is 2. The molecule has 0 unspecified atom stereocenters. The van der Waals surface area contributed by atoms with Crippen LogP contribution in [0.15, 0.2) is 41.4 Å². The molecule has 0 radical (unpaired) electrons. The predicted molar refractivity (Wildman–Crippen MR) is 123 cm³/mol. The van der Waals surface area contributed by atoms with Gasteiger partial charge in [-0.3, -0.25) is 10.1 Å². The lowest BCUT2D eigenvalue weighted by Crippen LogP contribution is -2.02. The van der Waals surface area contributed by atoms with E-state index in [-0.39, 0.29) is 10.6 Å². The number of nitrogens with zero attached hydrogens (tertiary/aromatic N) is 1. The van der Waals surface area contributed by atoms with Crippen molar-refractivity contribution < 1.29 is 4.92 Å². The van der Waals surface area contributed by atoms with Crippen LogP contribution in [-0.4, -0.2) is 4.92 Å². The molecule has 150 valence electrons. The zero-order valence-corrected chi connectivity index (χ0v) is 18.8. The summed E-state index contributed by atoms with van der Waals surface area (Å²) in [4.78, 5) is 11.5. The van der Waals surface area contributed by atoms with Crippen molar-refractivity contribution in [3.05, 3.63) is 68.2 Å². The van der Waals surface area contributed by atoms with E-state index in [1.165, 1.54) is 11.1 Å². The second-order valence-electron chi connectivity index (χ2n) is 7.22. The minimum atomic E-state index is -0.252. The summed E-state index contributed by atoms with van der Waals surface area (Å²) < 4.78 is 0.554. The third-order valence-electron chi connectivity index (χ3n) is 5.23. The first-order chi connectivity index (χ1) is 13.4. The SMILES string of the molecule is C=C(CC)c1ccc(-c2ccc(Br)c([N+](=O)[O-])c2CCCC)c(CCCC)c1. The topological polar surface area (TPSA) is 43.1 Å². The molecular weight excluding hydrogens is 414 g/mol. The van der Waals surface area contributed by atoms with E-state index in [4.69, 9.17) is 0 Å². The van der Waals surface area contributed by atoms with Crippen molar-refractivity contribution in [2.24, 2.45) is 0 Å². The summed E-state index contributed by atoms with van der Waals surface area (Å²) in [5.74, 6) is 0. The van der Waals surface area contributed by atoms with E-state index in [1.807, 2.05) is 12.1 Å². The van der Waals surface area contributed by atoms with Gasteiger partial charge < -0.3 is 0 Å². The molecule has 0 saturated heterocycles. The van der Waals surface area contributed by atoms with E-state index >= 15 is 0 Å². The van der Waals surface area contributed by atoms with Gasteiger partial charge in [0.05, 0.1) is 9.40 Å². The molecule has 0 aliphatic heterocycles. The molecule has 0 bridgehead atoms. The Kier molecular flexibility index (Phi) is 8.43. The van der Waals surface area contributed by atoms with Crippen LogP contribution in [0.2, 0.25) is 0 Å². The molecular formula is C24H30BrNO2. The predicted octanol–water partition coefficient (Wildman–Crippen LogP) is 8.13. The van der Waals surface area contributed by atoms with Crippen LogP contribution in [0.25, 0.3) is 16.7 Å². The Balaban J connectivity index is 2.69. The summed E-state index contributed by atoms with van der Waals surface area (Å²) in [6, 6.07) is 10.3. The van der Waals surface area contributed by atoms with Crippen LogP contribution < -0.4 is 0 Å². The lowest BCUT2D eigenvalue weighted by atomic mass is 9.88. The van der Waals surface area contributed by atoms with Crippen LogP contribution in [0.4, 0.5) is 5.69 Å². The van der Waals surface area contributed by atoms with Crippen molar-refractivity contribution >= 4 is 27.2 Å². The Labute approximate surface area is 177 Å². The number of benzene rings is 2. The number of hydrogen-bond donors (Lipinski definition) is 0. The van der Waals surface area contributed by atoms with E-state index in [0.29, 0.717) is 10.9 Å². The van der Waals surface area contributed by atoms with Crippen LogP contribution in [0.1, 0.15) is 69.6 Å². The van der Waals surface area contributed by atoms with Crippen molar-refractivity contribution in [2.75, 3.05) is 0 Å². The number of halogens is 1. The van der Waals surface area contributed by atoms with Crippen LogP contribution in [0.3, 0.4) is 0 Å². The van der Waals surface area contributed by atoms with Gasteiger partial charge in [-0.05, 0) is 81.9 Å². The molecule has 0 heterocycles. The molecule has 0 amide bonds. The number of rotatable bonds is 10. The van der Waals surface area contributed by atoms with Gasteiger partial charge in [-0.25, -0.2) is 0 Å². The molecule has 2 aromatic carbocycles. The monoisotopic (exact) mass is 443 g/mol. The highest BCUT2D eigenvalue weighted by molar-refractivity contribution is 9.10. The molecule has 2 rings (SSSR count). The number of nitro benzene ring substituents is 1. The molecule has 0 aliphatic rings. The fourth-order valence-corrected chi connectivity index (χ4v) is 4.03. The van der Waals surface area contributed by atoms with Crippen LogP contribution >= 0.6 is 15.9 Å². The number of hydrogen-bond acceptors (Lipinski definition) is 2. The molecule has 0 spiro atoms. The lowest BCUT2D eigenvalue weighted by molar-refractivity contribution is -0.386. The van der Waals surface area contributed by atoms with Gasteiger partial charge in [-0.15, -0.1) is 0 Å².